The molecule has 0 aliphatic carbocycles. The van der Waals surface area contributed by atoms with E-state index in [-0.39, 0.29) is 23.9 Å². The molecule has 0 aromatic carbocycles. The van der Waals surface area contributed by atoms with Crippen LogP contribution in [0.15, 0.2) is 0 Å². The average Bonchev–Trinajstić information content (AvgIpc) is 3.24. The minimum absolute atomic E-state index is 0.0486. The Morgan fingerprint density at radius 2 is 1.38 bits per heavy atom. The van der Waals surface area contributed by atoms with Gasteiger partial charge in [-0.25, -0.2) is 4.79 Å². The molecular weight excluding hydrogens is 332 g/mol. The molecule has 2 fully saturated rings. The lowest BCUT2D eigenvalue weighted by Crippen LogP contribution is -2.44. The molecule has 0 radical (unpaired) electrons. The first-order valence-corrected chi connectivity index (χ1v) is 9.09. The minimum Gasteiger partial charge on any atom is -0.480 e. The summed E-state index contributed by atoms with van der Waals surface area (Å²) in [6.07, 6.45) is 14.5. The summed E-state index contributed by atoms with van der Waals surface area (Å²) >= 11 is 0. The molecule has 0 bridgehead atoms. The van der Waals surface area contributed by atoms with Crippen LogP contribution in [0.1, 0.15) is 59.3 Å². The van der Waals surface area contributed by atoms with Crippen molar-refractivity contribution in [3.05, 3.63) is 0 Å². The van der Waals surface area contributed by atoms with E-state index >= 15 is 0 Å². The van der Waals surface area contributed by atoms with Gasteiger partial charge in [0.1, 0.15) is 6.04 Å². The molecular formula is C20H28N2O4. The predicted molar refractivity (Wildman–Crippen MR) is 98.9 cm³/mol. The number of hydrogen-bond donors (Lipinski definition) is 1. The number of likely N-dealkylation sites (tertiary alicyclic amines) is 2. The lowest BCUT2D eigenvalue weighted by Gasteiger charge is -2.24. The molecule has 26 heavy (non-hydrogen) atoms. The van der Waals surface area contributed by atoms with E-state index in [2.05, 4.69) is 18.8 Å². The summed E-state index contributed by atoms with van der Waals surface area (Å²) in [5, 5.41) is 8.88. The fourth-order valence-electron chi connectivity index (χ4n) is 3.50. The van der Waals surface area contributed by atoms with Crippen LogP contribution in [0.25, 0.3) is 0 Å². The number of carbonyl (C=O) groups excluding carboxylic acids is 2. The molecule has 6 nitrogen and oxygen atoms in total. The lowest BCUT2D eigenvalue weighted by molar-refractivity contribution is -0.148. The summed E-state index contributed by atoms with van der Waals surface area (Å²) in [6.45, 7) is 5.64. The molecule has 142 valence electrons. The van der Waals surface area contributed by atoms with Gasteiger partial charge in [0.15, 0.2) is 0 Å². The highest BCUT2D eigenvalue weighted by molar-refractivity contribution is 5.84. The highest BCUT2D eigenvalue weighted by Crippen LogP contribution is 2.25. The van der Waals surface area contributed by atoms with Crippen LogP contribution in [0.2, 0.25) is 0 Å². The maximum atomic E-state index is 11.5. The quantitative estimate of drug-likeness (QED) is 0.780. The van der Waals surface area contributed by atoms with Gasteiger partial charge in [-0.15, -0.1) is 12.8 Å². The molecule has 2 rings (SSSR count). The van der Waals surface area contributed by atoms with Crippen molar-refractivity contribution >= 4 is 17.8 Å². The van der Waals surface area contributed by atoms with Crippen molar-refractivity contribution < 1.29 is 19.5 Å². The molecule has 0 aromatic rings. The summed E-state index contributed by atoms with van der Waals surface area (Å²) in [5.74, 6) is 4.15. The largest absolute Gasteiger partial charge is 0.480 e. The maximum absolute atomic E-state index is 11.5. The first-order chi connectivity index (χ1) is 12.3. The van der Waals surface area contributed by atoms with E-state index in [1.807, 2.05) is 11.8 Å². The van der Waals surface area contributed by atoms with Gasteiger partial charge in [-0.3, -0.25) is 9.59 Å². The number of carboxylic acid groups (broad SMARTS) is 1. The van der Waals surface area contributed by atoms with Gasteiger partial charge in [-0.05, 0) is 32.6 Å². The predicted octanol–water partition coefficient (Wildman–Crippen LogP) is 1.88. The average molecular weight is 360 g/mol. The van der Waals surface area contributed by atoms with Crippen molar-refractivity contribution in [3.63, 3.8) is 0 Å². The van der Waals surface area contributed by atoms with Crippen LogP contribution < -0.4 is 0 Å². The summed E-state index contributed by atoms with van der Waals surface area (Å²) < 4.78 is 0. The smallest absolute Gasteiger partial charge is 0.326 e. The fourth-order valence-corrected chi connectivity index (χ4v) is 3.50. The Labute approximate surface area is 155 Å². The van der Waals surface area contributed by atoms with Crippen molar-refractivity contribution in [1.29, 1.82) is 0 Å². The molecule has 0 aromatic heterocycles. The van der Waals surface area contributed by atoms with Crippen molar-refractivity contribution in [2.24, 2.45) is 0 Å². The zero-order valence-corrected chi connectivity index (χ0v) is 15.8. The van der Waals surface area contributed by atoms with Gasteiger partial charge in [0.05, 0.1) is 12.1 Å². The third-order valence-corrected chi connectivity index (χ3v) is 4.90. The van der Waals surface area contributed by atoms with E-state index in [4.69, 9.17) is 18.0 Å². The van der Waals surface area contributed by atoms with Gasteiger partial charge in [0, 0.05) is 18.9 Å². The summed E-state index contributed by atoms with van der Waals surface area (Å²) in [4.78, 5) is 36.9. The molecule has 1 N–H and O–H groups in total. The Balaban J connectivity index is 0.000000263. The van der Waals surface area contributed by atoms with E-state index < -0.39 is 12.0 Å². The second kappa shape index (κ2) is 9.87. The molecule has 0 saturated carbocycles. The van der Waals surface area contributed by atoms with Gasteiger partial charge in [-0.2, -0.15) is 0 Å². The lowest BCUT2D eigenvalue weighted by atomic mass is 10.2. The van der Waals surface area contributed by atoms with Crippen LogP contribution in [-0.4, -0.2) is 56.9 Å². The monoisotopic (exact) mass is 360 g/mol. The van der Waals surface area contributed by atoms with Crippen LogP contribution >= 0.6 is 0 Å². The normalized spacial score (nSPS) is 27.1. The Bertz CT molecular complexity index is 616. The molecule has 2 aliphatic rings. The van der Waals surface area contributed by atoms with Gasteiger partial charge in [0.25, 0.3) is 0 Å². The summed E-state index contributed by atoms with van der Waals surface area (Å²) in [7, 11) is 0. The Morgan fingerprint density at radius 1 is 0.923 bits per heavy atom. The van der Waals surface area contributed by atoms with E-state index in [1.165, 1.54) is 4.90 Å². The van der Waals surface area contributed by atoms with Crippen LogP contribution in [0.4, 0.5) is 0 Å². The number of carboxylic acids is 1. The van der Waals surface area contributed by atoms with Crippen molar-refractivity contribution in [2.75, 3.05) is 0 Å². The molecule has 4 atom stereocenters. The number of terminal acetylenes is 2. The second-order valence-electron chi connectivity index (χ2n) is 6.53. The summed E-state index contributed by atoms with van der Waals surface area (Å²) in [5.41, 5.74) is 0. The second-order valence-corrected chi connectivity index (χ2v) is 6.53. The Hall–Kier alpha value is -2.47. The number of carbonyl (C=O) groups is 3. The van der Waals surface area contributed by atoms with E-state index in [0.717, 1.165) is 12.8 Å². The fraction of sp³-hybridized carbons (Fsp3) is 0.650. The molecule has 2 heterocycles. The van der Waals surface area contributed by atoms with E-state index in [9.17, 15) is 14.4 Å². The van der Waals surface area contributed by atoms with Gasteiger partial charge in [0.2, 0.25) is 11.8 Å². The summed E-state index contributed by atoms with van der Waals surface area (Å²) in [6, 6.07) is -0.696. The number of hydrogen-bond acceptors (Lipinski definition) is 3. The zero-order chi connectivity index (χ0) is 19.9. The minimum atomic E-state index is -0.968. The molecule has 0 spiro atoms. The van der Waals surface area contributed by atoms with Crippen LogP contribution in [0.5, 0.6) is 0 Å². The van der Waals surface area contributed by atoms with Crippen molar-refractivity contribution in [2.45, 2.75) is 83.5 Å². The Kier molecular flexibility index (Phi) is 8.19. The molecule has 2 aliphatic heterocycles. The highest BCUT2D eigenvalue weighted by atomic mass is 16.4. The van der Waals surface area contributed by atoms with E-state index in [0.29, 0.717) is 31.7 Å². The Morgan fingerprint density at radius 3 is 1.85 bits per heavy atom. The number of aliphatic carboxylic acids is 1. The topological polar surface area (TPSA) is 77.9 Å². The zero-order valence-electron chi connectivity index (χ0n) is 15.8. The third kappa shape index (κ3) is 4.79. The molecule has 0 unspecified atom stereocenters. The standard InChI is InChI=1S/C10H13NO3.C10H15NO/c1-3-7-5-6-8(10(13)14)11(7)9(12)4-2;1-4-9-7-6-8(3)11(9)10(12)5-2/h1,7-8H,4-6H2,2H3,(H,13,14);1,8-9H,5-7H2,2-3H3/t7-,8-;8-,9+/m01/s1. The van der Waals surface area contributed by atoms with Crippen LogP contribution in [0.3, 0.4) is 0 Å². The third-order valence-electron chi connectivity index (χ3n) is 4.90. The van der Waals surface area contributed by atoms with Crippen molar-refractivity contribution in [1.82, 2.24) is 9.80 Å². The maximum Gasteiger partial charge on any atom is 0.326 e. The van der Waals surface area contributed by atoms with Crippen molar-refractivity contribution in [3.8, 4) is 24.7 Å². The number of rotatable bonds is 3. The molecule has 2 saturated heterocycles. The van der Waals surface area contributed by atoms with Gasteiger partial charge < -0.3 is 14.9 Å². The first kappa shape index (κ1) is 21.6. The van der Waals surface area contributed by atoms with Crippen LogP contribution in [-0.2, 0) is 14.4 Å². The first-order valence-electron chi connectivity index (χ1n) is 9.09. The van der Waals surface area contributed by atoms with E-state index in [1.54, 1.807) is 6.92 Å². The van der Waals surface area contributed by atoms with Crippen LogP contribution in [0, 0.1) is 24.7 Å². The molecule has 2 amide bonds. The number of nitrogens with zero attached hydrogens (tertiary/aromatic N) is 2. The number of amides is 2. The van der Waals surface area contributed by atoms with Gasteiger partial charge >= 0.3 is 5.97 Å². The molecule has 6 heteroatoms. The highest BCUT2D eigenvalue weighted by Gasteiger charge is 2.39. The SMILES string of the molecule is C#C[C@H]1CC[C@@H](C(=O)O)N1C(=O)CC.C#C[C@H]1CC[C@@H](C)N1C(=O)CC. The van der Waals surface area contributed by atoms with Gasteiger partial charge in [-0.1, -0.05) is 25.7 Å².